The Bertz CT molecular complexity index is 1420. The predicted octanol–water partition coefficient (Wildman–Crippen LogP) is 3.60. The van der Waals surface area contributed by atoms with Gasteiger partial charge >= 0.3 is 0 Å². The first kappa shape index (κ1) is 22.7. The van der Waals surface area contributed by atoms with Crippen LogP contribution < -0.4 is 5.73 Å². The van der Waals surface area contributed by atoms with Crippen LogP contribution in [-0.4, -0.2) is 34.6 Å². The minimum Gasteiger partial charge on any atom is -0.390 e. The van der Waals surface area contributed by atoms with Crippen molar-refractivity contribution in [2.45, 2.75) is 26.5 Å². The highest BCUT2D eigenvalue weighted by molar-refractivity contribution is 7.59. The molecule has 0 saturated heterocycles. The maximum Gasteiger partial charge on any atom is 0.154 e. The summed E-state index contributed by atoms with van der Waals surface area (Å²) in [6, 6.07) is 17.3. The summed E-state index contributed by atoms with van der Waals surface area (Å²) in [5.41, 5.74) is 11.9. The van der Waals surface area contributed by atoms with Crippen molar-refractivity contribution in [3.8, 4) is 22.8 Å². The van der Waals surface area contributed by atoms with Crippen LogP contribution in [0.3, 0.4) is 0 Å². The molecule has 9 heteroatoms. The van der Waals surface area contributed by atoms with Crippen LogP contribution in [0, 0.1) is 6.92 Å². The van der Waals surface area contributed by atoms with Crippen LogP contribution >= 0.6 is 13.5 Å². The maximum absolute atomic E-state index is 9.51. The molecule has 0 aliphatic rings. The minimum atomic E-state index is -0.164. The second-order valence-corrected chi connectivity index (χ2v) is 7.77. The predicted molar refractivity (Wildman–Crippen MR) is 133 cm³/mol. The van der Waals surface area contributed by atoms with Crippen molar-refractivity contribution >= 4 is 24.4 Å². The molecule has 0 aliphatic carbocycles. The molecule has 5 aromatic rings. The molecule has 0 bridgehead atoms. The van der Waals surface area contributed by atoms with Crippen LogP contribution in [0.1, 0.15) is 30.0 Å². The van der Waals surface area contributed by atoms with Gasteiger partial charge in [-0.05, 0) is 56.3 Å². The minimum absolute atomic E-state index is 0. The molecule has 4 aromatic heterocycles. The number of aromatic nitrogens is 6. The molecule has 0 amide bonds. The first-order valence-electron chi connectivity index (χ1n) is 10.4. The molecule has 0 saturated carbocycles. The van der Waals surface area contributed by atoms with Gasteiger partial charge in [-0.2, -0.15) is 23.7 Å². The largest absolute Gasteiger partial charge is 0.390 e. The monoisotopic (exact) mass is 459 g/mol. The van der Waals surface area contributed by atoms with Crippen LogP contribution in [0.2, 0.25) is 0 Å². The smallest absolute Gasteiger partial charge is 0.154 e. The van der Waals surface area contributed by atoms with E-state index in [1.165, 1.54) is 0 Å². The summed E-state index contributed by atoms with van der Waals surface area (Å²) in [6.45, 7) is 3.74. The Morgan fingerprint density at radius 3 is 2.61 bits per heavy atom. The molecule has 4 heterocycles. The Morgan fingerprint density at radius 2 is 1.88 bits per heavy atom. The molecule has 5 rings (SSSR count). The lowest BCUT2D eigenvalue weighted by molar-refractivity contribution is 0.276. The third-order valence-electron chi connectivity index (χ3n) is 5.34. The van der Waals surface area contributed by atoms with Gasteiger partial charge in [0, 0.05) is 23.2 Å². The second kappa shape index (κ2) is 9.14. The fourth-order valence-corrected chi connectivity index (χ4v) is 3.72. The summed E-state index contributed by atoms with van der Waals surface area (Å²) in [7, 11) is 0. The molecular formula is C24H25N7OS. The van der Waals surface area contributed by atoms with Crippen molar-refractivity contribution in [2.24, 2.45) is 5.73 Å². The SMILES string of the molecule is Cc1ccn(-c2cc(-c3cccc([C@H](C)N)n3)cc3c2cnn3-c2cccc(CO)n2)n1.S. The molecule has 0 spiro atoms. The lowest BCUT2D eigenvalue weighted by Gasteiger charge is -2.11. The molecule has 0 fully saturated rings. The van der Waals surface area contributed by atoms with Crippen molar-refractivity contribution in [3.05, 3.63) is 84.1 Å². The van der Waals surface area contributed by atoms with Gasteiger partial charge in [0.05, 0.1) is 46.8 Å². The molecular weight excluding hydrogens is 434 g/mol. The summed E-state index contributed by atoms with van der Waals surface area (Å²) in [4.78, 5) is 9.30. The van der Waals surface area contributed by atoms with Gasteiger partial charge in [0.25, 0.3) is 0 Å². The van der Waals surface area contributed by atoms with E-state index in [-0.39, 0.29) is 26.1 Å². The van der Waals surface area contributed by atoms with Crippen molar-refractivity contribution in [3.63, 3.8) is 0 Å². The van der Waals surface area contributed by atoms with Gasteiger partial charge in [-0.3, -0.25) is 4.98 Å². The zero-order valence-electron chi connectivity index (χ0n) is 18.3. The normalized spacial score (nSPS) is 12.0. The average molecular weight is 460 g/mol. The number of rotatable bonds is 5. The first-order valence-corrected chi connectivity index (χ1v) is 10.4. The Morgan fingerprint density at radius 1 is 1.06 bits per heavy atom. The van der Waals surface area contributed by atoms with Crippen LogP contribution in [0.25, 0.3) is 33.7 Å². The summed E-state index contributed by atoms with van der Waals surface area (Å²) in [5.74, 6) is 0.628. The molecule has 3 N–H and O–H groups in total. The maximum atomic E-state index is 9.51. The number of fused-ring (bicyclic) bond motifs is 1. The zero-order valence-corrected chi connectivity index (χ0v) is 19.3. The van der Waals surface area contributed by atoms with Gasteiger partial charge in [-0.15, -0.1) is 0 Å². The summed E-state index contributed by atoms with van der Waals surface area (Å²) >= 11 is 0. The van der Waals surface area contributed by atoms with Crippen LogP contribution in [0.4, 0.5) is 0 Å². The van der Waals surface area contributed by atoms with E-state index in [1.54, 1.807) is 10.7 Å². The van der Waals surface area contributed by atoms with Crippen molar-refractivity contribution < 1.29 is 5.11 Å². The van der Waals surface area contributed by atoms with E-state index < -0.39 is 0 Å². The van der Waals surface area contributed by atoms with E-state index in [2.05, 4.69) is 21.2 Å². The molecule has 1 aromatic carbocycles. The van der Waals surface area contributed by atoms with Gasteiger partial charge < -0.3 is 10.8 Å². The Labute approximate surface area is 198 Å². The first-order chi connectivity index (χ1) is 15.5. The quantitative estimate of drug-likeness (QED) is 0.416. The summed E-state index contributed by atoms with van der Waals surface area (Å²) < 4.78 is 3.62. The van der Waals surface area contributed by atoms with E-state index in [0.717, 1.165) is 39.2 Å². The number of benzene rings is 1. The zero-order chi connectivity index (χ0) is 22.2. The number of hydrogen-bond acceptors (Lipinski definition) is 6. The molecule has 1 atom stereocenters. The van der Waals surface area contributed by atoms with Crippen LogP contribution in [0.15, 0.2) is 67.0 Å². The highest BCUT2D eigenvalue weighted by Gasteiger charge is 2.16. The topological polar surface area (TPSA) is 108 Å². The van der Waals surface area contributed by atoms with Gasteiger partial charge in [0.1, 0.15) is 0 Å². The van der Waals surface area contributed by atoms with E-state index in [9.17, 15) is 5.11 Å². The Balaban J connectivity index is 0.00000259. The number of nitrogens with two attached hydrogens (primary N) is 1. The molecule has 33 heavy (non-hydrogen) atoms. The number of aryl methyl sites for hydroxylation is 1. The third-order valence-corrected chi connectivity index (χ3v) is 5.34. The van der Waals surface area contributed by atoms with Gasteiger partial charge in [0.2, 0.25) is 0 Å². The number of hydrogen-bond donors (Lipinski definition) is 2. The average Bonchev–Trinajstić information content (AvgIpc) is 3.45. The number of aliphatic hydroxyl groups is 1. The Hall–Kier alpha value is -3.53. The van der Waals surface area contributed by atoms with E-state index in [4.69, 9.17) is 10.7 Å². The number of nitrogens with zero attached hydrogens (tertiary/aromatic N) is 6. The summed E-state index contributed by atoms with van der Waals surface area (Å²) in [5, 5.41) is 19.7. The summed E-state index contributed by atoms with van der Waals surface area (Å²) in [6.07, 6.45) is 3.74. The highest BCUT2D eigenvalue weighted by atomic mass is 32.1. The fourth-order valence-electron chi connectivity index (χ4n) is 3.72. The van der Waals surface area contributed by atoms with Gasteiger partial charge in [0.15, 0.2) is 5.82 Å². The van der Waals surface area contributed by atoms with E-state index in [0.29, 0.717) is 11.5 Å². The molecule has 0 unspecified atom stereocenters. The number of aliphatic hydroxyl groups excluding tert-OH is 1. The fraction of sp³-hybridized carbons (Fsp3) is 0.167. The lowest BCUT2D eigenvalue weighted by Crippen LogP contribution is -2.07. The molecule has 0 aliphatic heterocycles. The molecule has 0 radical (unpaired) electrons. The molecule has 168 valence electrons. The van der Waals surface area contributed by atoms with Gasteiger partial charge in [-0.25, -0.2) is 14.3 Å². The van der Waals surface area contributed by atoms with Crippen molar-refractivity contribution in [1.29, 1.82) is 0 Å². The van der Waals surface area contributed by atoms with Crippen LogP contribution in [-0.2, 0) is 6.61 Å². The highest BCUT2D eigenvalue weighted by Crippen LogP contribution is 2.31. The van der Waals surface area contributed by atoms with Crippen molar-refractivity contribution in [1.82, 2.24) is 29.5 Å². The Kier molecular flexibility index (Phi) is 6.28. The lowest BCUT2D eigenvalue weighted by atomic mass is 10.1. The number of pyridine rings is 2. The third kappa shape index (κ3) is 4.25. The van der Waals surface area contributed by atoms with Crippen molar-refractivity contribution in [2.75, 3.05) is 0 Å². The second-order valence-electron chi connectivity index (χ2n) is 7.77. The molecule has 8 nitrogen and oxygen atoms in total. The van der Waals surface area contributed by atoms with Gasteiger partial charge in [-0.1, -0.05) is 12.1 Å². The van der Waals surface area contributed by atoms with Crippen LogP contribution in [0.5, 0.6) is 0 Å². The van der Waals surface area contributed by atoms with E-state index >= 15 is 0 Å². The standard InChI is InChI=1S/C24H23N7O.H2S/c1-15-9-10-30(29-15)22-11-17(21-7-4-6-20(28-21)16(2)25)12-23-19(22)13-26-31(23)24-8-3-5-18(14-32)27-24;/h3-13,16,32H,14,25H2,1-2H3;1H2/t16-;/m0./s1. The van der Waals surface area contributed by atoms with E-state index in [1.807, 2.05) is 73.4 Å².